The number of amides is 1. The second-order valence-corrected chi connectivity index (χ2v) is 5.41. The molecular formula is C14H17N4O2. The van der Waals surface area contributed by atoms with Crippen LogP contribution in [0.5, 0.6) is 5.75 Å². The topological polar surface area (TPSA) is 91.3 Å². The van der Waals surface area contributed by atoms with Gasteiger partial charge in [0.15, 0.2) is 5.65 Å². The van der Waals surface area contributed by atoms with Crippen molar-refractivity contribution in [1.82, 2.24) is 20.3 Å². The van der Waals surface area contributed by atoms with Crippen LogP contribution in [0.1, 0.15) is 48.2 Å². The highest BCUT2D eigenvalue weighted by Crippen LogP contribution is 2.30. The largest absolute Gasteiger partial charge is 0.507 e. The van der Waals surface area contributed by atoms with Crippen molar-refractivity contribution in [1.29, 1.82) is 0 Å². The van der Waals surface area contributed by atoms with Crippen molar-refractivity contribution in [2.45, 2.75) is 38.5 Å². The fourth-order valence-corrected chi connectivity index (χ4v) is 3.07. The molecule has 1 fully saturated rings. The Balaban J connectivity index is 1.93. The second kappa shape index (κ2) is 5.11. The Hall–Kier alpha value is -2.11. The van der Waals surface area contributed by atoms with Gasteiger partial charge >= 0.3 is 0 Å². The first-order chi connectivity index (χ1) is 9.66. The van der Waals surface area contributed by atoms with Crippen molar-refractivity contribution in [3.05, 3.63) is 23.7 Å². The quantitative estimate of drug-likeness (QED) is 0.922. The highest BCUT2D eigenvalue weighted by Gasteiger charge is 2.20. The van der Waals surface area contributed by atoms with Crippen LogP contribution in [-0.2, 0) is 6.42 Å². The number of aromatic nitrogens is 3. The Morgan fingerprint density at radius 1 is 1.45 bits per heavy atom. The van der Waals surface area contributed by atoms with Crippen molar-refractivity contribution in [2.24, 2.45) is 5.92 Å². The molecule has 1 aliphatic rings. The monoisotopic (exact) mass is 273 g/mol. The Morgan fingerprint density at radius 3 is 2.90 bits per heavy atom. The average molecular weight is 273 g/mol. The number of carbonyl (C=O) groups excluding carboxylic acids is 1. The molecule has 6 nitrogen and oxygen atoms in total. The third kappa shape index (κ3) is 2.21. The van der Waals surface area contributed by atoms with Crippen LogP contribution in [0.4, 0.5) is 0 Å². The maximum absolute atomic E-state index is 11.3. The lowest BCUT2D eigenvalue weighted by atomic mass is 10.00. The van der Waals surface area contributed by atoms with Crippen LogP contribution >= 0.6 is 0 Å². The van der Waals surface area contributed by atoms with E-state index < -0.39 is 5.91 Å². The van der Waals surface area contributed by atoms with Gasteiger partial charge in [-0.1, -0.05) is 25.7 Å². The minimum absolute atomic E-state index is 0.0767. The predicted molar refractivity (Wildman–Crippen MR) is 72.4 cm³/mol. The minimum atomic E-state index is -0.942. The number of fused-ring (bicyclic) bond motifs is 1. The standard InChI is InChI=1S/C14H17N4O2/c15-13(20)12-11(19)7-10(18-14(12)16-8-17-18)6-5-9-3-1-2-4-9/h7-9,15,19H,1-6H2. The Kier molecular flexibility index (Phi) is 3.30. The zero-order valence-corrected chi connectivity index (χ0v) is 11.2. The molecule has 2 aromatic rings. The van der Waals surface area contributed by atoms with E-state index in [1.54, 1.807) is 10.6 Å². The Morgan fingerprint density at radius 2 is 2.20 bits per heavy atom. The molecule has 1 saturated carbocycles. The van der Waals surface area contributed by atoms with Gasteiger partial charge in [0.2, 0.25) is 0 Å². The van der Waals surface area contributed by atoms with Crippen molar-refractivity contribution in [3.8, 4) is 5.75 Å². The molecular weight excluding hydrogens is 256 g/mol. The van der Waals surface area contributed by atoms with Gasteiger partial charge in [-0.15, -0.1) is 0 Å². The van der Waals surface area contributed by atoms with E-state index >= 15 is 0 Å². The van der Waals surface area contributed by atoms with E-state index in [4.69, 9.17) is 5.73 Å². The Bertz CT molecular complexity index is 644. The van der Waals surface area contributed by atoms with E-state index in [1.165, 1.54) is 32.0 Å². The molecule has 0 bridgehead atoms. The maximum atomic E-state index is 11.3. The van der Waals surface area contributed by atoms with E-state index in [1.807, 2.05) is 0 Å². The van der Waals surface area contributed by atoms with Gasteiger partial charge in [0.1, 0.15) is 17.6 Å². The maximum Gasteiger partial charge on any atom is 0.277 e. The molecule has 2 heterocycles. The average Bonchev–Trinajstić information content (AvgIpc) is 3.06. The molecule has 1 amide bonds. The van der Waals surface area contributed by atoms with Crippen molar-refractivity contribution < 1.29 is 9.90 Å². The summed E-state index contributed by atoms with van der Waals surface area (Å²) >= 11 is 0. The summed E-state index contributed by atoms with van der Waals surface area (Å²) in [6, 6.07) is 1.54. The lowest BCUT2D eigenvalue weighted by Crippen LogP contribution is -2.08. The van der Waals surface area contributed by atoms with Gasteiger partial charge in [-0.3, -0.25) is 10.5 Å². The third-order valence-corrected chi connectivity index (χ3v) is 4.11. The highest BCUT2D eigenvalue weighted by atomic mass is 16.3. The van der Waals surface area contributed by atoms with Gasteiger partial charge in [-0.25, -0.2) is 9.50 Å². The number of hydrogen-bond donors (Lipinski definition) is 1. The molecule has 1 aliphatic carbocycles. The van der Waals surface area contributed by atoms with E-state index in [9.17, 15) is 9.90 Å². The van der Waals surface area contributed by atoms with Crippen LogP contribution in [-0.4, -0.2) is 25.6 Å². The second-order valence-electron chi connectivity index (χ2n) is 5.41. The zero-order valence-electron chi connectivity index (χ0n) is 11.2. The van der Waals surface area contributed by atoms with Gasteiger partial charge in [0, 0.05) is 11.8 Å². The fraction of sp³-hybridized carbons (Fsp3) is 0.500. The van der Waals surface area contributed by atoms with Crippen LogP contribution in [0.3, 0.4) is 0 Å². The number of aromatic hydroxyl groups is 1. The number of nitrogens with one attached hydrogen (secondary N) is 1. The van der Waals surface area contributed by atoms with Crippen LogP contribution in [0.25, 0.3) is 5.65 Å². The first-order valence-electron chi connectivity index (χ1n) is 6.97. The van der Waals surface area contributed by atoms with Crippen molar-refractivity contribution >= 4 is 11.6 Å². The van der Waals surface area contributed by atoms with E-state index in [2.05, 4.69) is 10.1 Å². The summed E-state index contributed by atoms with van der Waals surface area (Å²) in [6.07, 6.45) is 8.36. The van der Waals surface area contributed by atoms with E-state index in [-0.39, 0.29) is 17.0 Å². The summed E-state index contributed by atoms with van der Waals surface area (Å²) in [4.78, 5) is 15.3. The van der Waals surface area contributed by atoms with E-state index in [0.29, 0.717) is 0 Å². The van der Waals surface area contributed by atoms with Gasteiger partial charge < -0.3 is 5.11 Å². The van der Waals surface area contributed by atoms with E-state index in [0.717, 1.165) is 24.5 Å². The summed E-state index contributed by atoms with van der Waals surface area (Å²) in [5.74, 6) is -0.372. The lowest BCUT2D eigenvalue weighted by molar-refractivity contribution is 0.0990. The van der Waals surface area contributed by atoms with Crippen molar-refractivity contribution in [3.63, 3.8) is 0 Å². The number of nitrogens with zero attached hydrogens (tertiary/aromatic N) is 3. The zero-order chi connectivity index (χ0) is 14.1. The molecule has 105 valence electrons. The molecule has 2 aromatic heterocycles. The number of hydrogen-bond acceptors (Lipinski definition) is 4. The van der Waals surface area contributed by atoms with Crippen LogP contribution < -0.4 is 5.73 Å². The normalized spacial score (nSPS) is 16.0. The minimum Gasteiger partial charge on any atom is -0.507 e. The predicted octanol–water partition coefficient (Wildman–Crippen LogP) is 1.98. The summed E-state index contributed by atoms with van der Waals surface area (Å²) in [5, 5.41) is 14.1. The molecule has 0 atom stereocenters. The van der Waals surface area contributed by atoms with Gasteiger partial charge in [-0.2, -0.15) is 5.10 Å². The van der Waals surface area contributed by atoms with Gasteiger partial charge in [0.05, 0.1) is 0 Å². The molecule has 6 heteroatoms. The van der Waals surface area contributed by atoms with Crippen LogP contribution in [0.2, 0.25) is 0 Å². The number of rotatable bonds is 4. The SMILES string of the molecule is [NH]C(=O)c1c(O)cc(CCC2CCCC2)n2ncnc12. The van der Waals surface area contributed by atoms with Gasteiger partial charge in [0.25, 0.3) is 5.91 Å². The van der Waals surface area contributed by atoms with Crippen LogP contribution in [0, 0.1) is 5.92 Å². The molecule has 0 spiro atoms. The molecule has 0 aromatic carbocycles. The summed E-state index contributed by atoms with van der Waals surface area (Å²) in [6.45, 7) is 0. The summed E-state index contributed by atoms with van der Waals surface area (Å²) in [7, 11) is 0. The molecule has 0 unspecified atom stereocenters. The third-order valence-electron chi connectivity index (χ3n) is 4.11. The Labute approximate surface area is 116 Å². The molecule has 1 radical (unpaired) electrons. The molecule has 3 rings (SSSR count). The highest BCUT2D eigenvalue weighted by molar-refractivity contribution is 6.00. The van der Waals surface area contributed by atoms with Crippen molar-refractivity contribution in [2.75, 3.05) is 0 Å². The summed E-state index contributed by atoms with van der Waals surface area (Å²) in [5.41, 5.74) is 8.24. The summed E-state index contributed by atoms with van der Waals surface area (Å²) < 4.78 is 1.57. The first kappa shape index (κ1) is 12.9. The first-order valence-corrected chi connectivity index (χ1v) is 6.97. The smallest absolute Gasteiger partial charge is 0.277 e. The molecule has 0 saturated heterocycles. The van der Waals surface area contributed by atoms with Gasteiger partial charge in [-0.05, 0) is 18.8 Å². The number of pyridine rings is 1. The lowest BCUT2D eigenvalue weighted by Gasteiger charge is -2.11. The molecule has 2 N–H and O–H groups in total. The van der Waals surface area contributed by atoms with Crippen LogP contribution in [0.15, 0.2) is 12.4 Å². The number of carbonyl (C=O) groups is 1. The molecule has 0 aliphatic heterocycles. The molecule has 20 heavy (non-hydrogen) atoms. The number of aryl methyl sites for hydroxylation is 1. The fourth-order valence-electron chi connectivity index (χ4n) is 3.07.